The van der Waals surface area contributed by atoms with E-state index < -0.39 is 5.41 Å². The highest BCUT2D eigenvalue weighted by atomic mass is 79.9. The van der Waals surface area contributed by atoms with Gasteiger partial charge in [0.1, 0.15) is 0 Å². The molecule has 0 aliphatic heterocycles. The second kappa shape index (κ2) is 6.40. The molecule has 0 bridgehead atoms. The Morgan fingerprint density at radius 1 is 1.12 bits per heavy atom. The van der Waals surface area contributed by atoms with Gasteiger partial charge in [0.05, 0.1) is 5.41 Å². The van der Waals surface area contributed by atoms with Crippen LogP contribution in [0.15, 0.2) is 53.0 Å². The Morgan fingerprint density at radius 3 is 2.33 bits per heavy atom. The second-order valence-electron chi connectivity index (χ2n) is 6.17. The molecule has 2 aromatic rings. The van der Waals surface area contributed by atoms with Crippen molar-refractivity contribution in [3.8, 4) is 0 Å². The van der Waals surface area contributed by atoms with Crippen molar-refractivity contribution in [2.24, 2.45) is 0 Å². The summed E-state index contributed by atoms with van der Waals surface area (Å²) in [5, 5.41) is 3.00. The number of carbonyl (C=O) groups is 2. The zero-order valence-corrected chi connectivity index (χ0v) is 15.3. The van der Waals surface area contributed by atoms with Gasteiger partial charge in [-0.1, -0.05) is 28.1 Å². The van der Waals surface area contributed by atoms with Crippen LogP contribution < -0.4 is 10.2 Å². The quantitative estimate of drug-likeness (QED) is 0.859. The highest BCUT2D eigenvalue weighted by molar-refractivity contribution is 9.10. The molecule has 1 fully saturated rings. The molecule has 1 saturated carbocycles. The first-order valence-corrected chi connectivity index (χ1v) is 8.63. The van der Waals surface area contributed by atoms with E-state index in [4.69, 9.17) is 0 Å². The molecule has 2 amide bonds. The summed E-state index contributed by atoms with van der Waals surface area (Å²) < 4.78 is 0.982. The van der Waals surface area contributed by atoms with Crippen LogP contribution in [0, 0.1) is 0 Å². The summed E-state index contributed by atoms with van der Waals surface area (Å²) in [5.41, 5.74) is 2.16. The first kappa shape index (κ1) is 16.7. The predicted molar refractivity (Wildman–Crippen MR) is 99.2 cm³/mol. The number of benzene rings is 2. The van der Waals surface area contributed by atoms with E-state index in [9.17, 15) is 9.59 Å². The molecule has 1 aliphatic rings. The van der Waals surface area contributed by atoms with Gasteiger partial charge in [-0.05, 0) is 54.8 Å². The van der Waals surface area contributed by atoms with Gasteiger partial charge in [-0.25, -0.2) is 0 Å². The van der Waals surface area contributed by atoms with Crippen molar-refractivity contribution in [2.75, 3.05) is 17.3 Å². The highest BCUT2D eigenvalue weighted by Gasteiger charge is 2.51. The number of halogens is 1. The molecule has 0 atom stereocenters. The number of hydrogen-bond donors (Lipinski definition) is 1. The maximum atomic E-state index is 12.7. The third-order valence-electron chi connectivity index (χ3n) is 4.55. The summed E-state index contributed by atoms with van der Waals surface area (Å²) in [6, 6.07) is 15.2. The molecule has 1 aliphatic carbocycles. The summed E-state index contributed by atoms with van der Waals surface area (Å²) >= 11 is 3.47. The molecule has 1 N–H and O–H groups in total. The number of anilines is 2. The molecule has 124 valence electrons. The van der Waals surface area contributed by atoms with E-state index in [1.807, 2.05) is 48.5 Å². The van der Waals surface area contributed by atoms with Crippen molar-refractivity contribution in [2.45, 2.75) is 25.2 Å². The lowest BCUT2D eigenvalue weighted by atomic mass is 9.95. The van der Waals surface area contributed by atoms with Crippen molar-refractivity contribution in [3.63, 3.8) is 0 Å². The van der Waals surface area contributed by atoms with Gasteiger partial charge in [0, 0.05) is 29.8 Å². The Labute approximate surface area is 150 Å². The number of amides is 2. The van der Waals surface area contributed by atoms with E-state index in [2.05, 4.69) is 21.2 Å². The molecule has 3 rings (SSSR count). The largest absolute Gasteiger partial charge is 0.325 e. The molecule has 0 unspecified atom stereocenters. The number of nitrogens with zero attached hydrogens (tertiary/aromatic N) is 1. The number of nitrogens with one attached hydrogen (secondary N) is 1. The third kappa shape index (κ3) is 3.22. The zero-order valence-electron chi connectivity index (χ0n) is 13.7. The minimum atomic E-state index is -0.418. The number of carbonyl (C=O) groups excluding carboxylic acids is 2. The van der Waals surface area contributed by atoms with Crippen molar-refractivity contribution >= 4 is 39.1 Å². The summed E-state index contributed by atoms with van der Waals surface area (Å²) in [6.45, 7) is 1.52. The Hall–Kier alpha value is -2.14. The monoisotopic (exact) mass is 386 g/mol. The average Bonchev–Trinajstić information content (AvgIpc) is 3.37. The summed E-state index contributed by atoms with van der Waals surface area (Å²) in [7, 11) is 1.72. The lowest BCUT2D eigenvalue weighted by Crippen LogP contribution is -2.28. The van der Waals surface area contributed by atoms with Crippen molar-refractivity contribution in [1.82, 2.24) is 0 Å². The van der Waals surface area contributed by atoms with Crippen LogP contribution in [0.5, 0.6) is 0 Å². The SMILES string of the molecule is CC(=O)N(C)c1ccc(NC(=O)C2(c3cccc(Br)c3)CC2)cc1. The van der Waals surface area contributed by atoms with Crippen LogP contribution in [0.4, 0.5) is 11.4 Å². The van der Waals surface area contributed by atoms with Gasteiger partial charge in [-0.15, -0.1) is 0 Å². The molecule has 0 heterocycles. The van der Waals surface area contributed by atoms with Crippen LogP contribution in [-0.2, 0) is 15.0 Å². The van der Waals surface area contributed by atoms with E-state index in [1.54, 1.807) is 11.9 Å². The first-order valence-electron chi connectivity index (χ1n) is 7.84. The lowest BCUT2D eigenvalue weighted by molar-refractivity contribution is -0.118. The molecule has 24 heavy (non-hydrogen) atoms. The lowest BCUT2D eigenvalue weighted by Gasteiger charge is -2.18. The average molecular weight is 387 g/mol. The minimum Gasteiger partial charge on any atom is -0.325 e. The standard InChI is InChI=1S/C19H19BrN2O2/c1-13(23)22(2)17-8-6-16(7-9-17)21-18(24)19(10-11-19)14-4-3-5-15(20)12-14/h3-9,12H,10-11H2,1-2H3,(H,21,24). The molecular formula is C19H19BrN2O2. The Bertz CT molecular complexity index is 782. The maximum Gasteiger partial charge on any atom is 0.235 e. The normalized spacial score (nSPS) is 14.8. The summed E-state index contributed by atoms with van der Waals surface area (Å²) in [4.78, 5) is 25.7. The van der Waals surface area contributed by atoms with E-state index in [0.29, 0.717) is 0 Å². The van der Waals surface area contributed by atoms with Gasteiger partial charge in [0.2, 0.25) is 11.8 Å². The topological polar surface area (TPSA) is 49.4 Å². The fourth-order valence-corrected chi connectivity index (χ4v) is 3.16. The van der Waals surface area contributed by atoms with Gasteiger partial charge in [-0.3, -0.25) is 9.59 Å². The van der Waals surface area contributed by atoms with Gasteiger partial charge < -0.3 is 10.2 Å². The van der Waals surface area contributed by atoms with Crippen LogP contribution >= 0.6 is 15.9 Å². The van der Waals surface area contributed by atoms with Gasteiger partial charge >= 0.3 is 0 Å². The molecule has 4 nitrogen and oxygen atoms in total. The molecule has 0 radical (unpaired) electrons. The molecule has 0 spiro atoms. The number of rotatable bonds is 4. The van der Waals surface area contributed by atoms with Gasteiger partial charge in [-0.2, -0.15) is 0 Å². The third-order valence-corrected chi connectivity index (χ3v) is 5.04. The first-order chi connectivity index (χ1) is 11.4. The maximum absolute atomic E-state index is 12.7. The van der Waals surface area contributed by atoms with Crippen molar-refractivity contribution in [1.29, 1.82) is 0 Å². The van der Waals surface area contributed by atoms with Crippen LogP contribution in [0.25, 0.3) is 0 Å². The molecular weight excluding hydrogens is 368 g/mol. The zero-order chi connectivity index (χ0) is 17.3. The molecule has 2 aromatic carbocycles. The van der Waals surface area contributed by atoms with Gasteiger partial charge in [0.15, 0.2) is 0 Å². The Morgan fingerprint density at radius 2 is 1.79 bits per heavy atom. The smallest absolute Gasteiger partial charge is 0.235 e. The molecule has 5 heteroatoms. The van der Waals surface area contributed by atoms with Crippen LogP contribution in [0.2, 0.25) is 0 Å². The van der Waals surface area contributed by atoms with Crippen LogP contribution in [-0.4, -0.2) is 18.9 Å². The molecule has 0 saturated heterocycles. The van der Waals surface area contributed by atoms with Gasteiger partial charge in [0.25, 0.3) is 0 Å². The van der Waals surface area contributed by atoms with E-state index >= 15 is 0 Å². The van der Waals surface area contributed by atoms with Crippen LogP contribution in [0.1, 0.15) is 25.3 Å². The minimum absolute atomic E-state index is 0.0215. The highest BCUT2D eigenvalue weighted by Crippen LogP contribution is 2.49. The summed E-state index contributed by atoms with van der Waals surface area (Å²) in [5.74, 6) is -0.00774. The number of hydrogen-bond acceptors (Lipinski definition) is 2. The second-order valence-corrected chi connectivity index (χ2v) is 7.09. The van der Waals surface area contributed by atoms with E-state index in [-0.39, 0.29) is 11.8 Å². The van der Waals surface area contributed by atoms with Crippen molar-refractivity contribution in [3.05, 3.63) is 58.6 Å². The molecule has 0 aromatic heterocycles. The van der Waals surface area contributed by atoms with E-state index in [0.717, 1.165) is 34.3 Å². The van der Waals surface area contributed by atoms with Crippen molar-refractivity contribution < 1.29 is 9.59 Å². The van der Waals surface area contributed by atoms with E-state index in [1.165, 1.54) is 6.92 Å². The summed E-state index contributed by atoms with van der Waals surface area (Å²) in [6.07, 6.45) is 1.72. The fourth-order valence-electron chi connectivity index (χ4n) is 2.76. The Balaban J connectivity index is 1.74. The van der Waals surface area contributed by atoms with Crippen LogP contribution in [0.3, 0.4) is 0 Å². The fraction of sp³-hybridized carbons (Fsp3) is 0.263. The predicted octanol–water partition coefficient (Wildman–Crippen LogP) is 4.10. The Kier molecular flexibility index (Phi) is 4.45.